The van der Waals surface area contributed by atoms with Crippen LogP contribution in [0.2, 0.25) is 0 Å². The standard InChI is InChI=1S/C22H19F3N2O4S/c1-2-31-20-13-10-16(22(23,24)25)14-19(20)26-21(28)15-8-11-17(12-9-15)27-32(29,30)18-6-4-3-5-7-18/h3-14,27H,2H2,1H3,(H,26,28). The lowest BCUT2D eigenvalue weighted by Crippen LogP contribution is -2.15. The summed E-state index contributed by atoms with van der Waals surface area (Å²) in [6, 6.07) is 16.0. The van der Waals surface area contributed by atoms with E-state index in [4.69, 9.17) is 4.74 Å². The fraction of sp³-hybridized carbons (Fsp3) is 0.136. The predicted molar refractivity (Wildman–Crippen MR) is 114 cm³/mol. The molecule has 32 heavy (non-hydrogen) atoms. The molecule has 168 valence electrons. The highest BCUT2D eigenvalue weighted by Crippen LogP contribution is 2.35. The topological polar surface area (TPSA) is 84.5 Å². The molecule has 0 saturated heterocycles. The molecule has 0 aliphatic carbocycles. The Morgan fingerprint density at radius 2 is 1.62 bits per heavy atom. The van der Waals surface area contributed by atoms with E-state index in [2.05, 4.69) is 10.0 Å². The van der Waals surface area contributed by atoms with E-state index in [1.807, 2.05) is 0 Å². The molecule has 0 heterocycles. The van der Waals surface area contributed by atoms with E-state index in [0.29, 0.717) is 0 Å². The van der Waals surface area contributed by atoms with Crippen molar-refractivity contribution in [3.8, 4) is 5.75 Å². The van der Waals surface area contributed by atoms with Crippen molar-refractivity contribution in [2.75, 3.05) is 16.6 Å². The number of anilines is 2. The molecule has 0 aliphatic heterocycles. The highest BCUT2D eigenvalue weighted by atomic mass is 32.2. The minimum Gasteiger partial charge on any atom is -0.492 e. The first kappa shape index (κ1) is 23.1. The summed E-state index contributed by atoms with van der Waals surface area (Å²) >= 11 is 0. The van der Waals surface area contributed by atoms with Gasteiger partial charge in [0.25, 0.3) is 15.9 Å². The largest absolute Gasteiger partial charge is 0.492 e. The quantitative estimate of drug-likeness (QED) is 0.506. The van der Waals surface area contributed by atoms with Gasteiger partial charge in [0.2, 0.25) is 0 Å². The van der Waals surface area contributed by atoms with Gasteiger partial charge < -0.3 is 10.1 Å². The van der Waals surface area contributed by atoms with Gasteiger partial charge in [-0.2, -0.15) is 13.2 Å². The number of ether oxygens (including phenoxy) is 1. The molecule has 0 aliphatic rings. The van der Waals surface area contributed by atoms with E-state index in [1.54, 1.807) is 25.1 Å². The van der Waals surface area contributed by atoms with Crippen LogP contribution in [0.3, 0.4) is 0 Å². The number of nitrogens with one attached hydrogen (secondary N) is 2. The van der Waals surface area contributed by atoms with E-state index in [9.17, 15) is 26.4 Å². The fourth-order valence-electron chi connectivity index (χ4n) is 2.78. The Morgan fingerprint density at radius 3 is 2.22 bits per heavy atom. The van der Waals surface area contributed by atoms with E-state index in [0.717, 1.165) is 18.2 Å². The third-order valence-electron chi connectivity index (χ3n) is 4.31. The maximum absolute atomic E-state index is 13.0. The van der Waals surface area contributed by atoms with Crippen molar-refractivity contribution in [1.82, 2.24) is 0 Å². The Kier molecular flexibility index (Phi) is 6.73. The summed E-state index contributed by atoms with van der Waals surface area (Å²) in [5.74, 6) is -0.580. The summed E-state index contributed by atoms with van der Waals surface area (Å²) in [7, 11) is -3.80. The molecule has 2 N–H and O–H groups in total. The molecular formula is C22H19F3N2O4S. The van der Waals surface area contributed by atoms with Gasteiger partial charge in [-0.1, -0.05) is 18.2 Å². The zero-order valence-corrected chi connectivity index (χ0v) is 17.6. The van der Waals surface area contributed by atoms with Crippen LogP contribution >= 0.6 is 0 Å². The van der Waals surface area contributed by atoms with Crippen LogP contribution in [0.1, 0.15) is 22.8 Å². The monoisotopic (exact) mass is 464 g/mol. The molecule has 0 radical (unpaired) electrons. The average molecular weight is 464 g/mol. The van der Waals surface area contributed by atoms with Gasteiger partial charge in [-0.3, -0.25) is 9.52 Å². The number of halogens is 3. The minimum absolute atomic E-state index is 0.0785. The maximum Gasteiger partial charge on any atom is 0.416 e. The van der Waals surface area contributed by atoms with Gasteiger partial charge in [0.05, 0.1) is 22.8 Å². The minimum atomic E-state index is -4.58. The number of alkyl halides is 3. The number of sulfonamides is 1. The van der Waals surface area contributed by atoms with Gasteiger partial charge in [0, 0.05) is 11.3 Å². The van der Waals surface area contributed by atoms with Crippen LogP contribution in [0.4, 0.5) is 24.5 Å². The number of carbonyl (C=O) groups is 1. The fourth-order valence-corrected chi connectivity index (χ4v) is 3.86. The van der Waals surface area contributed by atoms with Crippen LogP contribution in [0, 0.1) is 0 Å². The lowest BCUT2D eigenvalue weighted by Gasteiger charge is -2.15. The summed E-state index contributed by atoms with van der Waals surface area (Å²) in [5.41, 5.74) is -0.713. The Labute approximate surface area is 183 Å². The highest BCUT2D eigenvalue weighted by Gasteiger charge is 2.31. The summed E-state index contributed by atoms with van der Waals surface area (Å²) in [5, 5.41) is 2.42. The van der Waals surface area contributed by atoms with Gasteiger partial charge in [-0.15, -0.1) is 0 Å². The van der Waals surface area contributed by atoms with Crippen molar-refractivity contribution >= 4 is 27.3 Å². The molecule has 0 bridgehead atoms. The van der Waals surface area contributed by atoms with Crippen molar-refractivity contribution in [2.24, 2.45) is 0 Å². The third kappa shape index (κ3) is 5.58. The zero-order chi connectivity index (χ0) is 23.4. The second-order valence-corrected chi connectivity index (χ2v) is 8.27. The van der Waals surface area contributed by atoms with Crippen molar-refractivity contribution < 1.29 is 31.1 Å². The van der Waals surface area contributed by atoms with Gasteiger partial charge in [0.15, 0.2) is 0 Å². The molecule has 0 saturated carbocycles. The first-order chi connectivity index (χ1) is 15.1. The number of hydrogen-bond acceptors (Lipinski definition) is 4. The molecule has 0 fully saturated rings. The lowest BCUT2D eigenvalue weighted by molar-refractivity contribution is -0.137. The number of carbonyl (C=O) groups excluding carboxylic acids is 1. The molecule has 3 aromatic carbocycles. The molecule has 0 aromatic heterocycles. The van der Waals surface area contributed by atoms with Crippen molar-refractivity contribution in [1.29, 1.82) is 0 Å². The van der Waals surface area contributed by atoms with Crippen molar-refractivity contribution in [2.45, 2.75) is 18.0 Å². The van der Waals surface area contributed by atoms with Crippen LogP contribution < -0.4 is 14.8 Å². The van der Waals surface area contributed by atoms with E-state index in [1.165, 1.54) is 36.4 Å². The van der Waals surface area contributed by atoms with Gasteiger partial charge in [-0.25, -0.2) is 8.42 Å². The normalized spacial score (nSPS) is 11.6. The third-order valence-corrected chi connectivity index (χ3v) is 5.70. The number of benzene rings is 3. The summed E-state index contributed by atoms with van der Waals surface area (Å²) in [6.45, 7) is 1.86. The van der Waals surface area contributed by atoms with E-state index >= 15 is 0 Å². The predicted octanol–water partition coefficient (Wildman–Crippen LogP) is 5.16. The maximum atomic E-state index is 13.0. The molecular weight excluding hydrogens is 445 g/mol. The summed E-state index contributed by atoms with van der Waals surface area (Å²) in [6.07, 6.45) is -4.58. The average Bonchev–Trinajstić information content (AvgIpc) is 2.75. The van der Waals surface area contributed by atoms with E-state index < -0.39 is 27.7 Å². The van der Waals surface area contributed by atoms with Crippen molar-refractivity contribution in [3.05, 3.63) is 83.9 Å². The summed E-state index contributed by atoms with van der Waals surface area (Å²) in [4.78, 5) is 12.6. The smallest absolute Gasteiger partial charge is 0.416 e. The molecule has 3 aromatic rings. The highest BCUT2D eigenvalue weighted by molar-refractivity contribution is 7.92. The molecule has 6 nitrogen and oxygen atoms in total. The van der Waals surface area contributed by atoms with Gasteiger partial charge in [-0.05, 0) is 61.5 Å². The SMILES string of the molecule is CCOc1ccc(C(F)(F)F)cc1NC(=O)c1ccc(NS(=O)(=O)c2ccccc2)cc1. The van der Waals surface area contributed by atoms with Gasteiger partial charge in [0.1, 0.15) is 5.75 Å². The lowest BCUT2D eigenvalue weighted by atomic mass is 10.1. The van der Waals surface area contributed by atoms with Crippen LogP contribution in [0.15, 0.2) is 77.7 Å². The number of hydrogen-bond donors (Lipinski definition) is 2. The second kappa shape index (κ2) is 9.31. The molecule has 0 unspecified atom stereocenters. The Bertz CT molecular complexity index is 1200. The Morgan fingerprint density at radius 1 is 0.969 bits per heavy atom. The zero-order valence-electron chi connectivity index (χ0n) is 16.8. The molecule has 0 atom stereocenters. The Hall–Kier alpha value is -3.53. The van der Waals surface area contributed by atoms with E-state index in [-0.39, 0.29) is 34.2 Å². The summed E-state index contributed by atoms with van der Waals surface area (Å²) < 4.78 is 71.6. The first-order valence-electron chi connectivity index (χ1n) is 9.43. The number of amides is 1. The Balaban J connectivity index is 1.78. The first-order valence-corrected chi connectivity index (χ1v) is 10.9. The number of rotatable bonds is 7. The second-order valence-electron chi connectivity index (χ2n) is 6.59. The van der Waals surface area contributed by atoms with Gasteiger partial charge >= 0.3 is 6.18 Å². The van der Waals surface area contributed by atoms with Crippen LogP contribution in [-0.2, 0) is 16.2 Å². The molecule has 1 amide bonds. The molecule has 3 rings (SSSR count). The van der Waals surface area contributed by atoms with Crippen LogP contribution in [-0.4, -0.2) is 20.9 Å². The molecule has 10 heteroatoms. The van der Waals surface area contributed by atoms with Crippen LogP contribution in [0.5, 0.6) is 5.75 Å². The van der Waals surface area contributed by atoms with Crippen LogP contribution in [0.25, 0.3) is 0 Å². The molecule has 0 spiro atoms. The van der Waals surface area contributed by atoms with Crippen molar-refractivity contribution in [3.63, 3.8) is 0 Å².